The van der Waals surface area contributed by atoms with Gasteiger partial charge in [0.05, 0.1) is 0 Å². The van der Waals surface area contributed by atoms with Gasteiger partial charge in [0.2, 0.25) is 0 Å². The fourth-order valence-corrected chi connectivity index (χ4v) is 2.83. The first kappa shape index (κ1) is 16.7. The molecule has 1 saturated heterocycles. The van der Waals surface area contributed by atoms with Gasteiger partial charge in [-0.15, -0.1) is 0 Å². The molecule has 25 heavy (non-hydrogen) atoms. The second-order valence-electron chi connectivity index (χ2n) is 6.39. The van der Waals surface area contributed by atoms with Crippen LogP contribution in [0.2, 0.25) is 0 Å². The zero-order valence-electron chi connectivity index (χ0n) is 14.3. The summed E-state index contributed by atoms with van der Waals surface area (Å²) in [5.41, 5.74) is 2.48. The summed E-state index contributed by atoms with van der Waals surface area (Å²) in [6.45, 7) is 5.43. The molecule has 1 aliphatic heterocycles. The van der Waals surface area contributed by atoms with E-state index in [1.165, 1.54) is 0 Å². The molecule has 1 aliphatic rings. The largest absolute Gasteiger partial charge is 0.322 e. The topological polar surface area (TPSA) is 87.3 Å². The minimum Gasteiger partial charge on any atom is -0.322 e. The van der Waals surface area contributed by atoms with Crippen LogP contribution in [0.5, 0.6) is 0 Å². The highest BCUT2D eigenvalue weighted by atomic mass is 16.2. The summed E-state index contributed by atoms with van der Waals surface area (Å²) in [7, 11) is 0. The monoisotopic (exact) mass is 337 g/mol. The zero-order valence-corrected chi connectivity index (χ0v) is 14.3. The van der Waals surface area contributed by atoms with Crippen molar-refractivity contribution < 1.29 is 14.4 Å². The third-order valence-electron chi connectivity index (χ3n) is 4.38. The minimum atomic E-state index is -1.16. The minimum absolute atomic E-state index is 0.219. The highest BCUT2D eigenvalue weighted by molar-refractivity contribution is 6.08. The van der Waals surface area contributed by atoms with Gasteiger partial charge in [-0.2, -0.15) is 0 Å². The van der Waals surface area contributed by atoms with E-state index < -0.39 is 17.5 Å². The maximum absolute atomic E-state index is 12.6. The highest BCUT2D eigenvalue weighted by Crippen LogP contribution is 2.26. The normalized spacial score (nSPS) is 19.3. The van der Waals surface area contributed by atoms with Crippen LogP contribution < -0.4 is 16.0 Å². The summed E-state index contributed by atoms with van der Waals surface area (Å²) < 4.78 is 0. The lowest BCUT2D eigenvalue weighted by molar-refractivity contribution is -0.123. The average Bonchev–Trinajstić information content (AvgIpc) is 2.83. The predicted octanol–water partition coefficient (Wildman–Crippen LogP) is 2.61. The number of benzene rings is 2. The average molecular weight is 337 g/mol. The first-order chi connectivity index (χ1) is 11.8. The third-order valence-corrected chi connectivity index (χ3v) is 4.38. The molecule has 6 nitrogen and oxygen atoms in total. The number of hydrogen-bond acceptors (Lipinski definition) is 3. The summed E-state index contributed by atoms with van der Waals surface area (Å²) in [4.78, 5) is 36.1. The van der Waals surface area contributed by atoms with Crippen molar-refractivity contribution in [2.75, 3.05) is 5.32 Å². The van der Waals surface area contributed by atoms with Crippen LogP contribution in [0.3, 0.4) is 0 Å². The smallest absolute Gasteiger partial charge is 0.322 e. The lowest BCUT2D eigenvalue weighted by Crippen LogP contribution is -2.40. The molecule has 3 rings (SSSR count). The van der Waals surface area contributed by atoms with Crippen LogP contribution in [0.15, 0.2) is 42.5 Å². The molecule has 1 fully saturated rings. The van der Waals surface area contributed by atoms with Crippen molar-refractivity contribution in [2.24, 2.45) is 0 Å². The summed E-state index contributed by atoms with van der Waals surface area (Å²) in [5.74, 6) is -0.640. The fourth-order valence-electron chi connectivity index (χ4n) is 2.83. The molecule has 0 bridgehead atoms. The molecule has 6 heteroatoms. The van der Waals surface area contributed by atoms with E-state index in [9.17, 15) is 14.4 Å². The van der Waals surface area contributed by atoms with Crippen LogP contribution in [-0.4, -0.2) is 17.8 Å². The van der Waals surface area contributed by atoms with Crippen molar-refractivity contribution in [3.63, 3.8) is 0 Å². The Bertz CT molecular complexity index is 891. The molecular formula is C19H19N3O3. The second kappa shape index (κ2) is 6.05. The number of amides is 4. The van der Waals surface area contributed by atoms with Crippen LogP contribution in [-0.2, 0) is 10.3 Å². The van der Waals surface area contributed by atoms with E-state index in [2.05, 4.69) is 16.0 Å². The Hall–Kier alpha value is -3.15. The zero-order chi connectivity index (χ0) is 18.2. The molecule has 0 radical (unpaired) electrons. The van der Waals surface area contributed by atoms with E-state index in [0.717, 1.165) is 11.1 Å². The van der Waals surface area contributed by atoms with Gasteiger partial charge in [-0.3, -0.25) is 14.9 Å². The number of carbonyl (C=O) groups excluding carboxylic acids is 3. The van der Waals surface area contributed by atoms with Gasteiger partial charge in [0, 0.05) is 11.3 Å². The number of aryl methyl sites for hydroxylation is 2. The maximum atomic E-state index is 12.6. The number of anilines is 1. The molecule has 0 aromatic heterocycles. The number of urea groups is 1. The van der Waals surface area contributed by atoms with Crippen LogP contribution in [0.4, 0.5) is 10.5 Å². The van der Waals surface area contributed by atoms with Gasteiger partial charge < -0.3 is 10.6 Å². The number of hydrogen-bond donors (Lipinski definition) is 3. The van der Waals surface area contributed by atoms with E-state index in [1.54, 1.807) is 31.2 Å². The lowest BCUT2D eigenvalue weighted by atomic mass is 9.92. The molecule has 4 amide bonds. The Morgan fingerprint density at radius 3 is 2.52 bits per heavy atom. The van der Waals surface area contributed by atoms with Gasteiger partial charge in [0.15, 0.2) is 0 Å². The van der Waals surface area contributed by atoms with Gasteiger partial charge in [-0.1, -0.05) is 29.8 Å². The predicted molar refractivity (Wildman–Crippen MR) is 94.3 cm³/mol. The highest BCUT2D eigenvalue weighted by Gasteiger charge is 2.43. The van der Waals surface area contributed by atoms with Crippen molar-refractivity contribution in [3.05, 3.63) is 64.7 Å². The van der Waals surface area contributed by atoms with Crippen molar-refractivity contribution in [2.45, 2.75) is 26.3 Å². The maximum Gasteiger partial charge on any atom is 0.322 e. The first-order valence-electron chi connectivity index (χ1n) is 7.92. The summed E-state index contributed by atoms with van der Waals surface area (Å²) in [6.07, 6.45) is 0. The standard InChI is InChI=1S/C19H19N3O3/c1-11-7-8-12(2)15(9-11)16(23)20-14-6-4-5-13(10-14)19(3)17(24)21-18(25)22-19/h4-10H,1-3H3,(H,20,23)(H2,21,22,24,25)/t19-/m1/s1. The SMILES string of the molecule is Cc1ccc(C)c(C(=O)Nc2cccc([C@@]3(C)NC(=O)NC3=O)c2)c1. The van der Waals surface area contributed by atoms with E-state index in [0.29, 0.717) is 16.8 Å². The Balaban J connectivity index is 1.87. The number of carbonyl (C=O) groups is 3. The molecule has 2 aromatic carbocycles. The summed E-state index contributed by atoms with van der Waals surface area (Å²) in [6, 6.07) is 12.1. The molecule has 3 N–H and O–H groups in total. The lowest BCUT2D eigenvalue weighted by Gasteiger charge is -2.21. The Labute approximate surface area is 145 Å². The van der Waals surface area contributed by atoms with E-state index in [1.807, 2.05) is 32.0 Å². The van der Waals surface area contributed by atoms with E-state index in [4.69, 9.17) is 0 Å². The van der Waals surface area contributed by atoms with Crippen LogP contribution in [0, 0.1) is 13.8 Å². The van der Waals surface area contributed by atoms with Crippen molar-refractivity contribution in [1.29, 1.82) is 0 Å². The van der Waals surface area contributed by atoms with Crippen LogP contribution in [0.25, 0.3) is 0 Å². The number of imide groups is 1. The van der Waals surface area contributed by atoms with E-state index >= 15 is 0 Å². The van der Waals surface area contributed by atoms with Crippen molar-refractivity contribution in [3.8, 4) is 0 Å². The Morgan fingerprint density at radius 1 is 1.08 bits per heavy atom. The molecule has 0 spiro atoms. The molecule has 0 unspecified atom stereocenters. The first-order valence-corrected chi connectivity index (χ1v) is 7.92. The van der Waals surface area contributed by atoms with Gasteiger partial charge in [-0.25, -0.2) is 4.79 Å². The molecule has 128 valence electrons. The Kier molecular flexibility index (Phi) is 4.04. The van der Waals surface area contributed by atoms with E-state index in [-0.39, 0.29) is 5.91 Å². The van der Waals surface area contributed by atoms with Crippen LogP contribution >= 0.6 is 0 Å². The fraction of sp³-hybridized carbons (Fsp3) is 0.211. The second-order valence-corrected chi connectivity index (χ2v) is 6.39. The molecule has 1 atom stereocenters. The molecule has 1 heterocycles. The number of nitrogens with one attached hydrogen (secondary N) is 3. The molecule has 0 saturated carbocycles. The molecular weight excluding hydrogens is 318 g/mol. The van der Waals surface area contributed by atoms with Gasteiger partial charge >= 0.3 is 6.03 Å². The molecule has 0 aliphatic carbocycles. The van der Waals surface area contributed by atoms with Crippen molar-refractivity contribution in [1.82, 2.24) is 10.6 Å². The summed E-state index contributed by atoms with van der Waals surface area (Å²) in [5, 5.41) is 7.69. The van der Waals surface area contributed by atoms with Crippen LogP contribution in [0.1, 0.15) is 34.0 Å². The van der Waals surface area contributed by atoms with Crippen molar-refractivity contribution >= 4 is 23.5 Å². The third kappa shape index (κ3) is 3.10. The van der Waals surface area contributed by atoms with Gasteiger partial charge in [0.1, 0.15) is 5.54 Å². The van der Waals surface area contributed by atoms with Gasteiger partial charge in [0.25, 0.3) is 11.8 Å². The van der Waals surface area contributed by atoms with Gasteiger partial charge in [-0.05, 0) is 50.1 Å². The quantitative estimate of drug-likeness (QED) is 0.752. The molecule has 2 aromatic rings. The Morgan fingerprint density at radius 2 is 1.84 bits per heavy atom. The number of rotatable bonds is 3. The summed E-state index contributed by atoms with van der Waals surface area (Å²) >= 11 is 0.